The SMILES string of the molecule is COCCOc1ccc(C(=O)Nc2cc(NC(=O)c3ccccc3C#N)ccc2C)cc1. The third-order valence-corrected chi connectivity index (χ3v) is 4.71. The number of nitriles is 1. The number of hydrogen-bond acceptors (Lipinski definition) is 5. The summed E-state index contributed by atoms with van der Waals surface area (Å²) in [6, 6.07) is 20.6. The van der Waals surface area contributed by atoms with Gasteiger partial charge in [-0.3, -0.25) is 9.59 Å². The molecule has 2 amide bonds. The number of carbonyl (C=O) groups is 2. The van der Waals surface area contributed by atoms with Crippen LogP contribution in [0.5, 0.6) is 5.75 Å². The lowest BCUT2D eigenvalue weighted by atomic mass is 10.1. The number of methoxy groups -OCH3 is 1. The second-order valence-corrected chi connectivity index (χ2v) is 6.96. The lowest BCUT2D eigenvalue weighted by Gasteiger charge is -2.12. The van der Waals surface area contributed by atoms with Gasteiger partial charge >= 0.3 is 0 Å². The molecule has 3 aromatic carbocycles. The molecule has 3 aromatic rings. The van der Waals surface area contributed by atoms with E-state index in [1.807, 2.05) is 13.0 Å². The molecule has 0 fully saturated rings. The van der Waals surface area contributed by atoms with E-state index in [1.54, 1.807) is 73.8 Å². The second-order valence-electron chi connectivity index (χ2n) is 6.96. The van der Waals surface area contributed by atoms with Crippen LogP contribution in [0.2, 0.25) is 0 Å². The van der Waals surface area contributed by atoms with E-state index < -0.39 is 5.91 Å². The number of rotatable bonds is 8. The molecule has 0 aliphatic rings. The Morgan fingerprint density at radius 1 is 0.938 bits per heavy atom. The van der Waals surface area contributed by atoms with Crippen LogP contribution in [0.1, 0.15) is 31.8 Å². The zero-order valence-corrected chi connectivity index (χ0v) is 17.8. The average Bonchev–Trinajstić information content (AvgIpc) is 2.81. The van der Waals surface area contributed by atoms with E-state index in [2.05, 4.69) is 10.6 Å². The number of benzene rings is 3. The van der Waals surface area contributed by atoms with Crippen molar-refractivity contribution in [2.45, 2.75) is 6.92 Å². The molecule has 7 nitrogen and oxygen atoms in total. The Morgan fingerprint density at radius 3 is 2.41 bits per heavy atom. The fourth-order valence-electron chi connectivity index (χ4n) is 2.95. The third-order valence-electron chi connectivity index (χ3n) is 4.71. The molecule has 0 radical (unpaired) electrons. The summed E-state index contributed by atoms with van der Waals surface area (Å²) in [6.45, 7) is 2.77. The smallest absolute Gasteiger partial charge is 0.257 e. The van der Waals surface area contributed by atoms with Gasteiger partial charge in [-0.2, -0.15) is 5.26 Å². The molecule has 0 heterocycles. The van der Waals surface area contributed by atoms with Gasteiger partial charge in [0.1, 0.15) is 12.4 Å². The van der Waals surface area contributed by atoms with Gasteiger partial charge in [0.25, 0.3) is 11.8 Å². The number of aryl methyl sites for hydroxylation is 1. The van der Waals surface area contributed by atoms with Crippen molar-refractivity contribution >= 4 is 23.2 Å². The van der Waals surface area contributed by atoms with Crippen LogP contribution in [0.15, 0.2) is 66.7 Å². The van der Waals surface area contributed by atoms with Gasteiger partial charge in [0, 0.05) is 24.0 Å². The number of anilines is 2. The van der Waals surface area contributed by atoms with E-state index in [1.165, 1.54) is 0 Å². The first kappa shape index (κ1) is 22.5. The van der Waals surface area contributed by atoms with E-state index in [0.717, 1.165) is 5.56 Å². The van der Waals surface area contributed by atoms with Crippen LogP contribution in [0.25, 0.3) is 0 Å². The van der Waals surface area contributed by atoms with E-state index >= 15 is 0 Å². The summed E-state index contributed by atoms with van der Waals surface area (Å²) in [5, 5.41) is 14.8. The minimum atomic E-state index is -0.396. The topological polar surface area (TPSA) is 100 Å². The van der Waals surface area contributed by atoms with Crippen molar-refractivity contribution in [3.8, 4) is 11.8 Å². The summed E-state index contributed by atoms with van der Waals surface area (Å²) in [5.74, 6) is -0.0284. The highest BCUT2D eigenvalue weighted by atomic mass is 16.5. The molecule has 0 aromatic heterocycles. The maximum Gasteiger partial charge on any atom is 0.257 e. The molecule has 0 unspecified atom stereocenters. The predicted molar refractivity (Wildman–Crippen MR) is 122 cm³/mol. The zero-order valence-electron chi connectivity index (χ0n) is 17.8. The minimum Gasteiger partial charge on any atom is -0.491 e. The fraction of sp³-hybridized carbons (Fsp3) is 0.160. The maximum atomic E-state index is 12.7. The van der Waals surface area contributed by atoms with Gasteiger partial charge in [0.15, 0.2) is 0 Å². The summed E-state index contributed by atoms with van der Waals surface area (Å²) in [5.41, 5.74) is 2.97. The van der Waals surface area contributed by atoms with Gasteiger partial charge in [-0.05, 0) is 61.0 Å². The molecule has 0 saturated carbocycles. The van der Waals surface area contributed by atoms with Crippen LogP contribution in [0.4, 0.5) is 11.4 Å². The van der Waals surface area contributed by atoms with Gasteiger partial charge in [-0.25, -0.2) is 0 Å². The lowest BCUT2D eigenvalue weighted by Crippen LogP contribution is -2.15. The van der Waals surface area contributed by atoms with Crippen molar-refractivity contribution in [2.75, 3.05) is 31.0 Å². The Morgan fingerprint density at radius 2 is 1.69 bits per heavy atom. The average molecular weight is 429 g/mol. The normalized spacial score (nSPS) is 10.2. The van der Waals surface area contributed by atoms with Crippen LogP contribution in [-0.4, -0.2) is 32.1 Å². The molecule has 0 atom stereocenters. The van der Waals surface area contributed by atoms with Gasteiger partial charge in [-0.1, -0.05) is 18.2 Å². The van der Waals surface area contributed by atoms with Crippen molar-refractivity contribution in [3.05, 3.63) is 89.0 Å². The van der Waals surface area contributed by atoms with Crippen LogP contribution in [0, 0.1) is 18.3 Å². The largest absolute Gasteiger partial charge is 0.491 e. The molecule has 32 heavy (non-hydrogen) atoms. The van der Waals surface area contributed by atoms with Crippen LogP contribution in [-0.2, 0) is 4.74 Å². The molecule has 2 N–H and O–H groups in total. The predicted octanol–water partition coefficient (Wildman–Crippen LogP) is 4.40. The summed E-state index contributed by atoms with van der Waals surface area (Å²) >= 11 is 0. The summed E-state index contributed by atoms with van der Waals surface area (Å²) in [7, 11) is 1.60. The number of ether oxygens (including phenoxy) is 2. The molecule has 0 bridgehead atoms. The highest BCUT2D eigenvalue weighted by Gasteiger charge is 2.13. The van der Waals surface area contributed by atoms with E-state index in [-0.39, 0.29) is 11.5 Å². The van der Waals surface area contributed by atoms with Crippen LogP contribution < -0.4 is 15.4 Å². The summed E-state index contributed by atoms with van der Waals surface area (Å²) < 4.78 is 10.5. The Kier molecular flexibility index (Phi) is 7.57. The third kappa shape index (κ3) is 5.72. The lowest BCUT2D eigenvalue weighted by molar-refractivity contribution is 0.101. The van der Waals surface area contributed by atoms with Crippen LogP contribution >= 0.6 is 0 Å². The van der Waals surface area contributed by atoms with Crippen molar-refractivity contribution < 1.29 is 19.1 Å². The maximum absolute atomic E-state index is 12.7. The molecular weight excluding hydrogens is 406 g/mol. The Balaban J connectivity index is 1.70. The Bertz CT molecular complexity index is 1150. The fourth-order valence-corrected chi connectivity index (χ4v) is 2.95. The van der Waals surface area contributed by atoms with E-state index in [9.17, 15) is 14.9 Å². The van der Waals surface area contributed by atoms with Crippen molar-refractivity contribution in [3.63, 3.8) is 0 Å². The molecule has 162 valence electrons. The summed E-state index contributed by atoms with van der Waals surface area (Å²) in [4.78, 5) is 25.3. The summed E-state index contributed by atoms with van der Waals surface area (Å²) in [6.07, 6.45) is 0. The van der Waals surface area contributed by atoms with Crippen molar-refractivity contribution in [1.29, 1.82) is 5.26 Å². The van der Waals surface area contributed by atoms with Gasteiger partial charge < -0.3 is 20.1 Å². The number of nitrogens with zero attached hydrogens (tertiary/aromatic N) is 1. The number of hydrogen-bond donors (Lipinski definition) is 2. The number of nitrogens with one attached hydrogen (secondary N) is 2. The van der Waals surface area contributed by atoms with Crippen molar-refractivity contribution in [1.82, 2.24) is 0 Å². The zero-order chi connectivity index (χ0) is 22.9. The molecular formula is C25H23N3O4. The standard InChI is InChI=1S/C25H23N3O4/c1-17-7-10-20(27-25(30)22-6-4-3-5-19(22)16-26)15-23(17)28-24(29)18-8-11-21(12-9-18)32-14-13-31-2/h3-12,15H,13-14H2,1-2H3,(H,27,30)(H,28,29). The highest BCUT2D eigenvalue weighted by molar-refractivity contribution is 6.07. The molecule has 0 saturated heterocycles. The van der Waals surface area contributed by atoms with E-state index in [0.29, 0.717) is 41.5 Å². The Hall–Kier alpha value is -4.15. The quantitative estimate of drug-likeness (QED) is 0.517. The van der Waals surface area contributed by atoms with Crippen molar-refractivity contribution in [2.24, 2.45) is 0 Å². The van der Waals surface area contributed by atoms with Gasteiger partial charge in [-0.15, -0.1) is 0 Å². The van der Waals surface area contributed by atoms with Gasteiger partial charge in [0.05, 0.1) is 23.8 Å². The highest BCUT2D eigenvalue weighted by Crippen LogP contribution is 2.22. The Labute approximate surface area is 186 Å². The monoisotopic (exact) mass is 429 g/mol. The first-order valence-corrected chi connectivity index (χ1v) is 9.96. The molecule has 0 spiro atoms. The molecule has 0 aliphatic heterocycles. The minimum absolute atomic E-state index is 0.283. The van der Waals surface area contributed by atoms with Gasteiger partial charge in [0.2, 0.25) is 0 Å². The first-order valence-electron chi connectivity index (χ1n) is 9.96. The van der Waals surface area contributed by atoms with Crippen LogP contribution in [0.3, 0.4) is 0 Å². The molecule has 0 aliphatic carbocycles. The molecule has 3 rings (SSSR count). The van der Waals surface area contributed by atoms with E-state index in [4.69, 9.17) is 9.47 Å². The number of carbonyl (C=O) groups excluding carboxylic acids is 2. The second kappa shape index (κ2) is 10.8. The first-order chi connectivity index (χ1) is 15.5. The number of amides is 2. The molecule has 7 heteroatoms.